The minimum Gasteiger partial charge on any atom is -0.393 e. The van der Waals surface area contributed by atoms with Crippen LogP contribution in [-0.4, -0.2) is 38.5 Å². The first-order valence-electron chi connectivity index (χ1n) is 18.7. The molecule has 1 saturated heterocycles. The number of aromatic nitrogens is 2. The molecule has 1 aromatic carbocycles. The Kier molecular flexibility index (Phi) is 7.02. The van der Waals surface area contributed by atoms with Crippen molar-refractivity contribution < 1.29 is 14.3 Å². The number of imidazole rings is 1. The first kappa shape index (κ1) is 31.1. The fourth-order valence-corrected chi connectivity index (χ4v) is 13.8. The Morgan fingerprint density at radius 1 is 0.848 bits per heavy atom. The summed E-state index contributed by atoms with van der Waals surface area (Å²) in [6.07, 6.45) is 16.3. The van der Waals surface area contributed by atoms with Gasteiger partial charge >= 0.3 is 0 Å². The Labute approximate surface area is 275 Å². The number of rotatable bonds is 3. The highest BCUT2D eigenvalue weighted by molar-refractivity contribution is 5.84. The number of carbonyl (C=O) groups excluding carboxylic acids is 1. The molecule has 0 radical (unpaired) electrons. The molecular formula is C40H56FN3O2. The number of H-pyrrole nitrogens is 1. The first-order valence-corrected chi connectivity index (χ1v) is 18.7. The zero-order valence-corrected chi connectivity index (χ0v) is 28.9. The van der Waals surface area contributed by atoms with Gasteiger partial charge in [0, 0.05) is 6.54 Å². The van der Waals surface area contributed by atoms with Crippen LogP contribution >= 0.6 is 0 Å². The number of aromatic amines is 1. The molecule has 1 aromatic heterocycles. The molecule has 6 aliphatic rings. The number of carbonyl (C=O) groups is 1. The van der Waals surface area contributed by atoms with Gasteiger partial charge in [-0.3, -0.25) is 4.79 Å². The summed E-state index contributed by atoms with van der Waals surface area (Å²) in [7, 11) is 0. The second-order valence-electron chi connectivity index (χ2n) is 18.0. The highest BCUT2D eigenvalue weighted by atomic mass is 19.1. The van der Waals surface area contributed by atoms with Crippen LogP contribution in [0.25, 0.3) is 11.3 Å². The molecular weight excluding hydrogens is 573 g/mol. The average Bonchev–Trinajstić information content (AvgIpc) is 3.80. The van der Waals surface area contributed by atoms with Crippen molar-refractivity contribution in [1.29, 1.82) is 0 Å². The van der Waals surface area contributed by atoms with Crippen LogP contribution in [0.3, 0.4) is 0 Å². The summed E-state index contributed by atoms with van der Waals surface area (Å²) >= 11 is 0. The third-order valence-corrected chi connectivity index (χ3v) is 16.3. The van der Waals surface area contributed by atoms with E-state index in [2.05, 4.69) is 44.5 Å². The smallest absolute Gasteiger partial charge is 0.229 e. The highest BCUT2D eigenvalue weighted by Gasteiger charge is 2.71. The Morgan fingerprint density at radius 2 is 1.63 bits per heavy atom. The van der Waals surface area contributed by atoms with Crippen molar-refractivity contribution in [1.82, 2.24) is 14.9 Å². The predicted molar refractivity (Wildman–Crippen MR) is 179 cm³/mol. The van der Waals surface area contributed by atoms with E-state index in [9.17, 15) is 9.50 Å². The van der Waals surface area contributed by atoms with Crippen molar-refractivity contribution in [2.45, 2.75) is 130 Å². The fraction of sp³-hybridized carbons (Fsp3) is 0.750. The summed E-state index contributed by atoms with van der Waals surface area (Å²) in [6.45, 7) is 13.4. The Bertz CT molecular complexity index is 1500. The minimum atomic E-state index is -0.243. The largest absolute Gasteiger partial charge is 0.393 e. The minimum absolute atomic E-state index is 0.0147. The van der Waals surface area contributed by atoms with Gasteiger partial charge in [0.2, 0.25) is 5.91 Å². The van der Waals surface area contributed by atoms with E-state index in [1.54, 1.807) is 12.1 Å². The molecule has 6 fully saturated rings. The molecule has 5 aliphatic carbocycles. The number of nitrogens with one attached hydrogen (secondary N) is 1. The van der Waals surface area contributed by atoms with Crippen LogP contribution in [0.4, 0.5) is 4.39 Å². The summed E-state index contributed by atoms with van der Waals surface area (Å²) < 4.78 is 13.6. The van der Waals surface area contributed by atoms with Gasteiger partial charge in [-0.05, 0) is 152 Å². The zero-order chi connectivity index (χ0) is 32.3. The van der Waals surface area contributed by atoms with Crippen LogP contribution in [0.2, 0.25) is 0 Å². The molecule has 0 bridgehead atoms. The second-order valence-corrected chi connectivity index (χ2v) is 18.0. The van der Waals surface area contributed by atoms with Gasteiger partial charge in [-0.15, -0.1) is 0 Å². The van der Waals surface area contributed by atoms with Gasteiger partial charge < -0.3 is 15.0 Å². The monoisotopic (exact) mass is 629 g/mol. The van der Waals surface area contributed by atoms with E-state index in [-0.39, 0.29) is 45.0 Å². The molecule has 0 spiro atoms. The normalized spacial score (nSPS) is 44.6. The lowest BCUT2D eigenvalue weighted by molar-refractivity contribution is -0.245. The lowest BCUT2D eigenvalue weighted by Gasteiger charge is -2.72. The summed E-state index contributed by atoms with van der Waals surface area (Å²) in [5.74, 6) is 3.38. The predicted octanol–water partition coefficient (Wildman–Crippen LogP) is 9.10. The maximum Gasteiger partial charge on any atom is 0.229 e. The molecule has 2 N–H and O–H groups in total. The Hall–Kier alpha value is -2.21. The molecule has 2 aromatic rings. The van der Waals surface area contributed by atoms with Crippen molar-refractivity contribution in [3.63, 3.8) is 0 Å². The number of aliphatic hydroxyl groups is 1. The molecule has 6 heteroatoms. The number of nitrogens with zero attached hydrogens (tertiary/aromatic N) is 2. The quantitative estimate of drug-likeness (QED) is 0.356. The fourth-order valence-electron chi connectivity index (χ4n) is 13.8. The summed E-state index contributed by atoms with van der Waals surface area (Å²) in [4.78, 5) is 25.5. The summed E-state index contributed by atoms with van der Waals surface area (Å²) in [6, 6.07) is 6.52. The maximum atomic E-state index is 15.0. The number of likely N-dealkylation sites (tertiary alicyclic amines) is 1. The van der Waals surface area contributed by atoms with Crippen molar-refractivity contribution in [3.8, 4) is 11.3 Å². The molecule has 1 amide bonds. The van der Waals surface area contributed by atoms with Crippen LogP contribution in [0.1, 0.15) is 130 Å². The van der Waals surface area contributed by atoms with Gasteiger partial charge in [-0.25, -0.2) is 9.37 Å². The molecule has 46 heavy (non-hydrogen) atoms. The molecule has 10 atom stereocenters. The Balaban J connectivity index is 1.07. The molecule has 1 aliphatic heterocycles. The number of amides is 1. The van der Waals surface area contributed by atoms with Crippen LogP contribution in [0.5, 0.6) is 0 Å². The number of aliphatic hydroxyl groups excluding tert-OH is 1. The SMILES string of the molecule is CC1(C)C2CCC3(C)C(CC[C@@H]4C5CCC[C@]5(C(=O)N5CCCC5c5ncc(-c6ccc(F)cc6)[nH]5)CC[C@]43C)[C@@]2(C)CC[C@@H]1O. The lowest BCUT2D eigenvalue weighted by atomic mass is 9.32. The summed E-state index contributed by atoms with van der Waals surface area (Å²) in [5, 5.41) is 11.1. The van der Waals surface area contributed by atoms with Crippen LogP contribution in [-0.2, 0) is 4.79 Å². The Morgan fingerprint density at radius 3 is 2.41 bits per heavy atom. The van der Waals surface area contributed by atoms with Crippen molar-refractivity contribution in [2.75, 3.05) is 6.54 Å². The molecule has 2 heterocycles. The molecule has 8 rings (SSSR count). The second kappa shape index (κ2) is 10.4. The standard InChI is InChI=1S/C40H56FN3O2/c1-36(2)31-16-20-39(5)32(37(31,3)19-17-33(36)45)15-14-27-28-8-6-18-40(28,22-21-38(27,39)4)35(46)44-23-7-9-30(44)34-42-24-29(43-34)25-10-12-26(41)13-11-25/h10-13,24,27-28,30-33,45H,6-9,14-23H2,1-5H3,(H,42,43)/t27-,28?,30?,31?,32?,33+,37+,38-,39?,40+/m1/s1. The maximum absolute atomic E-state index is 15.0. The highest BCUT2D eigenvalue weighted by Crippen LogP contribution is 2.77. The van der Waals surface area contributed by atoms with Crippen molar-refractivity contribution >= 4 is 5.91 Å². The lowest BCUT2D eigenvalue weighted by Crippen LogP contribution is -2.67. The van der Waals surface area contributed by atoms with Gasteiger partial charge in [0.05, 0.1) is 29.5 Å². The number of fused-ring (bicyclic) bond motifs is 7. The van der Waals surface area contributed by atoms with Crippen LogP contribution in [0.15, 0.2) is 30.5 Å². The van der Waals surface area contributed by atoms with Crippen molar-refractivity contribution in [3.05, 3.63) is 42.1 Å². The van der Waals surface area contributed by atoms with E-state index in [1.807, 2.05) is 6.20 Å². The first-order chi connectivity index (χ1) is 21.8. The van der Waals surface area contributed by atoms with Crippen LogP contribution in [0, 0.1) is 56.6 Å². The van der Waals surface area contributed by atoms with E-state index < -0.39 is 0 Å². The number of halogens is 1. The van der Waals surface area contributed by atoms with Gasteiger partial charge in [-0.2, -0.15) is 0 Å². The molecule has 250 valence electrons. The van der Waals surface area contributed by atoms with E-state index in [0.29, 0.717) is 29.6 Å². The molecule has 5 nitrogen and oxygen atoms in total. The average molecular weight is 630 g/mol. The molecule has 5 unspecified atom stereocenters. The van der Waals surface area contributed by atoms with E-state index in [1.165, 1.54) is 50.7 Å². The van der Waals surface area contributed by atoms with E-state index >= 15 is 4.79 Å². The van der Waals surface area contributed by atoms with Gasteiger partial charge in [0.25, 0.3) is 0 Å². The van der Waals surface area contributed by atoms with E-state index in [0.717, 1.165) is 68.6 Å². The molecule has 5 saturated carbocycles. The van der Waals surface area contributed by atoms with Crippen LogP contribution < -0.4 is 0 Å². The van der Waals surface area contributed by atoms with E-state index in [4.69, 9.17) is 4.98 Å². The third kappa shape index (κ3) is 4.06. The third-order valence-electron chi connectivity index (χ3n) is 16.3. The summed E-state index contributed by atoms with van der Waals surface area (Å²) in [5.41, 5.74) is 2.34. The topological polar surface area (TPSA) is 69.2 Å². The van der Waals surface area contributed by atoms with Crippen molar-refractivity contribution in [2.24, 2.45) is 50.7 Å². The zero-order valence-electron chi connectivity index (χ0n) is 28.9. The van der Waals surface area contributed by atoms with Gasteiger partial charge in [0.15, 0.2) is 0 Å². The number of hydrogen-bond donors (Lipinski definition) is 2. The van der Waals surface area contributed by atoms with Gasteiger partial charge in [-0.1, -0.05) is 41.0 Å². The van der Waals surface area contributed by atoms with Gasteiger partial charge in [0.1, 0.15) is 11.6 Å². The number of benzene rings is 1. The number of hydrogen-bond acceptors (Lipinski definition) is 3.